The summed E-state index contributed by atoms with van der Waals surface area (Å²) in [5.74, 6) is -0.227. The number of hydrogen-bond acceptors (Lipinski definition) is 2. The molecule has 0 aliphatic carbocycles. The van der Waals surface area contributed by atoms with Crippen molar-refractivity contribution in [2.45, 2.75) is 25.7 Å². The molecule has 0 atom stereocenters. The zero-order chi connectivity index (χ0) is 12.3. The Morgan fingerprint density at radius 1 is 1.50 bits per heavy atom. The van der Waals surface area contributed by atoms with E-state index in [1.807, 2.05) is 25.1 Å². The Hall–Kier alpha value is -0.670. The molecular weight excluding hydrogens is 244 g/mol. The van der Waals surface area contributed by atoms with Crippen LogP contribution in [0, 0.1) is 12.3 Å². The van der Waals surface area contributed by atoms with E-state index in [2.05, 4.69) is 0 Å². The SMILES string of the molecule is Cc1cc(SCC(C)(C)C(=O)O)ccc1Cl. The first-order valence-corrected chi connectivity index (χ1v) is 6.31. The van der Waals surface area contributed by atoms with Gasteiger partial charge in [0.15, 0.2) is 0 Å². The van der Waals surface area contributed by atoms with Crippen molar-refractivity contribution >= 4 is 29.3 Å². The quantitative estimate of drug-likeness (QED) is 0.834. The van der Waals surface area contributed by atoms with Crippen LogP contribution in [0.2, 0.25) is 5.02 Å². The van der Waals surface area contributed by atoms with Crippen molar-refractivity contribution in [1.29, 1.82) is 0 Å². The van der Waals surface area contributed by atoms with Crippen LogP contribution in [0.1, 0.15) is 19.4 Å². The van der Waals surface area contributed by atoms with E-state index in [1.54, 1.807) is 13.8 Å². The highest BCUT2D eigenvalue weighted by atomic mass is 35.5. The van der Waals surface area contributed by atoms with Crippen LogP contribution in [-0.4, -0.2) is 16.8 Å². The minimum Gasteiger partial charge on any atom is -0.481 e. The molecule has 4 heteroatoms. The van der Waals surface area contributed by atoms with Gasteiger partial charge in [-0.15, -0.1) is 11.8 Å². The highest BCUT2D eigenvalue weighted by Gasteiger charge is 2.27. The van der Waals surface area contributed by atoms with Gasteiger partial charge in [0.1, 0.15) is 0 Å². The van der Waals surface area contributed by atoms with Crippen molar-refractivity contribution in [3.63, 3.8) is 0 Å². The Morgan fingerprint density at radius 3 is 2.62 bits per heavy atom. The van der Waals surface area contributed by atoms with Gasteiger partial charge in [0, 0.05) is 15.7 Å². The molecule has 0 aliphatic heterocycles. The van der Waals surface area contributed by atoms with Gasteiger partial charge in [0.2, 0.25) is 0 Å². The molecule has 0 saturated heterocycles. The summed E-state index contributed by atoms with van der Waals surface area (Å²) in [5, 5.41) is 9.72. The van der Waals surface area contributed by atoms with Crippen molar-refractivity contribution in [3.05, 3.63) is 28.8 Å². The molecule has 0 amide bonds. The molecule has 0 aliphatic rings. The highest BCUT2D eigenvalue weighted by molar-refractivity contribution is 7.99. The second-order valence-electron chi connectivity index (χ2n) is 4.39. The van der Waals surface area contributed by atoms with Crippen LogP contribution in [0.5, 0.6) is 0 Å². The number of thioether (sulfide) groups is 1. The average molecular weight is 259 g/mol. The van der Waals surface area contributed by atoms with Crippen LogP contribution < -0.4 is 0 Å². The maximum Gasteiger partial charge on any atom is 0.309 e. The summed E-state index contributed by atoms with van der Waals surface area (Å²) in [6.45, 7) is 5.39. The van der Waals surface area contributed by atoms with E-state index >= 15 is 0 Å². The lowest BCUT2D eigenvalue weighted by molar-refractivity contribution is -0.145. The largest absolute Gasteiger partial charge is 0.481 e. The number of aryl methyl sites for hydroxylation is 1. The average Bonchev–Trinajstić information content (AvgIpc) is 2.20. The smallest absolute Gasteiger partial charge is 0.309 e. The third-order valence-corrected chi connectivity index (χ3v) is 4.19. The summed E-state index contributed by atoms with van der Waals surface area (Å²) in [5.41, 5.74) is 0.304. The zero-order valence-corrected chi connectivity index (χ0v) is 11.2. The van der Waals surface area contributed by atoms with Crippen LogP contribution in [0.15, 0.2) is 23.1 Å². The van der Waals surface area contributed by atoms with Crippen LogP contribution in [0.4, 0.5) is 0 Å². The Kier molecular flexibility index (Phi) is 4.28. The lowest BCUT2D eigenvalue weighted by atomic mass is 9.97. The highest BCUT2D eigenvalue weighted by Crippen LogP contribution is 2.29. The third-order valence-electron chi connectivity index (χ3n) is 2.31. The minimum absolute atomic E-state index is 0.545. The van der Waals surface area contributed by atoms with Crippen molar-refractivity contribution < 1.29 is 9.90 Å². The maximum absolute atomic E-state index is 10.9. The maximum atomic E-state index is 10.9. The summed E-state index contributed by atoms with van der Waals surface area (Å²) >= 11 is 7.46. The molecule has 0 bridgehead atoms. The molecule has 2 nitrogen and oxygen atoms in total. The Balaban J connectivity index is 2.68. The van der Waals surface area contributed by atoms with E-state index in [-0.39, 0.29) is 0 Å². The van der Waals surface area contributed by atoms with E-state index in [4.69, 9.17) is 16.7 Å². The standard InChI is InChI=1S/C12H15ClO2S/c1-8-6-9(4-5-10(8)13)16-7-12(2,3)11(14)15/h4-6H,7H2,1-3H3,(H,14,15). The molecule has 0 spiro atoms. The summed E-state index contributed by atoms with van der Waals surface area (Å²) in [7, 11) is 0. The van der Waals surface area contributed by atoms with Crippen molar-refractivity contribution in [2.24, 2.45) is 5.41 Å². The zero-order valence-electron chi connectivity index (χ0n) is 9.58. The van der Waals surface area contributed by atoms with E-state index in [0.717, 1.165) is 15.5 Å². The molecule has 88 valence electrons. The fourth-order valence-electron chi connectivity index (χ4n) is 1.03. The van der Waals surface area contributed by atoms with E-state index in [1.165, 1.54) is 11.8 Å². The molecule has 0 aromatic heterocycles. The Morgan fingerprint density at radius 2 is 2.12 bits per heavy atom. The topological polar surface area (TPSA) is 37.3 Å². The van der Waals surface area contributed by atoms with Crippen molar-refractivity contribution in [3.8, 4) is 0 Å². The van der Waals surface area contributed by atoms with E-state index in [0.29, 0.717) is 5.75 Å². The van der Waals surface area contributed by atoms with Crippen molar-refractivity contribution in [1.82, 2.24) is 0 Å². The minimum atomic E-state index is -0.773. The number of halogens is 1. The number of aliphatic carboxylic acids is 1. The molecule has 0 fully saturated rings. The predicted molar refractivity (Wildman–Crippen MR) is 68.3 cm³/mol. The summed E-state index contributed by atoms with van der Waals surface area (Å²) in [4.78, 5) is 12.0. The first-order chi connectivity index (χ1) is 7.33. The van der Waals surface area contributed by atoms with Gasteiger partial charge in [-0.2, -0.15) is 0 Å². The second-order valence-corrected chi connectivity index (χ2v) is 5.84. The number of benzene rings is 1. The number of carboxylic acids is 1. The Labute approximate surface area is 105 Å². The van der Waals surface area contributed by atoms with Crippen molar-refractivity contribution in [2.75, 3.05) is 5.75 Å². The van der Waals surface area contributed by atoms with E-state index < -0.39 is 11.4 Å². The first kappa shape index (κ1) is 13.4. The van der Waals surface area contributed by atoms with Gasteiger partial charge in [-0.25, -0.2) is 0 Å². The fourth-order valence-corrected chi connectivity index (χ4v) is 2.23. The van der Waals surface area contributed by atoms with E-state index in [9.17, 15) is 4.79 Å². The normalized spacial score (nSPS) is 11.5. The van der Waals surface area contributed by atoms with Crippen LogP contribution in [0.25, 0.3) is 0 Å². The molecule has 0 saturated carbocycles. The lowest BCUT2D eigenvalue weighted by Gasteiger charge is -2.18. The van der Waals surface area contributed by atoms with Gasteiger partial charge >= 0.3 is 5.97 Å². The van der Waals surface area contributed by atoms with Gasteiger partial charge in [0.05, 0.1) is 5.41 Å². The number of carbonyl (C=O) groups is 1. The molecule has 0 unspecified atom stereocenters. The molecule has 1 N–H and O–H groups in total. The second kappa shape index (κ2) is 5.11. The molecule has 16 heavy (non-hydrogen) atoms. The molecular formula is C12H15ClO2S. The number of carboxylic acid groups (broad SMARTS) is 1. The number of hydrogen-bond donors (Lipinski definition) is 1. The van der Waals surface area contributed by atoms with Gasteiger partial charge in [-0.1, -0.05) is 11.6 Å². The molecule has 1 rings (SSSR count). The van der Waals surface area contributed by atoms with Crippen LogP contribution >= 0.6 is 23.4 Å². The van der Waals surface area contributed by atoms with Crippen LogP contribution in [-0.2, 0) is 4.79 Å². The van der Waals surface area contributed by atoms with Crippen LogP contribution in [0.3, 0.4) is 0 Å². The lowest BCUT2D eigenvalue weighted by Crippen LogP contribution is -2.26. The molecule has 1 aromatic carbocycles. The molecule has 0 radical (unpaired) electrons. The van der Waals surface area contributed by atoms with Gasteiger partial charge in [-0.3, -0.25) is 4.79 Å². The molecule has 0 heterocycles. The monoisotopic (exact) mass is 258 g/mol. The predicted octanol–water partition coefficient (Wildman–Crippen LogP) is 3.85. The summed E-state index contributed by atoms with van der Waals surface area (Å²) in [6.07, 6.45) is 0. The first-order valence-electron chi connectivity index (χ1n) is 4.95. The van der Waals surface area contributed by atoms with Gasteiger partial charge in [-0.05, 0) is 44.5 Å². The fraction of sp³-hybridized carbons (Fsp3) is 0.417. The Bertz CT molecular complexity index is 402. The summed E-state index contributed by atoms with van der Waals surface area (Å²) in [6, 6.07) is 5.73. The van der Waals surface area contributed by atoms with Gasteiger partial charge in [0.25, 0.3) is 0 Å². The molecule has 1 aromatic rings. The summed E-state index contributed by atoms with van der Waals surface area (Å²) < 4.78 is 0. The van der Waals surface area contributed by atoms with Gasteiger partial charge < -0.3 is 5.11 Å². The number of rotatable bonds is 4. The third kappa shape index (κ3) is 3.42.